The molecule has 92 valence electrons. The highest BCUT2D eigenvalue weighted by molar-refractivity contribution is 9.10. The minimum Gasteiger partial charge on any atom is -0.484 e. The lowest BCUT2D eigenvalue weighted by Crippen LogP contribution is -2.29. The zero-order valence-corrected chi connectivity index (χ0v) is 11.4. The average molecular weight is 298 g/mol. The van der Waals surface area contributed by atoms with E-state index in [1.165, 1.54) is 0 Å². The number of ether oxygens (including phenoxy) is 1. The van der Waals surface area contributed by atoms with E-state index in [0.29, 0.717) is 12.3 Å². The van der Waals surface area contributed by atoms with Crippen molar-refractivity contribution >= 4 is 21.8 Å². The van der Waals surface area contributed by atoms with Crippen LogP contribution in [0.25, 0.3) is 0 Å². The maximum atomic E-state index is 11.4. The third-order valence-electron chi connectivity index (χ3n) is 2.03. The fourth-order valence-electron chi connectivity index (χ4n) is 1.22. The maximum Gasteiger partial charge on any atom is 0.257 e. The fourth-order valence-corrected chi connectivity index (χ4v) is 1.60. The van der Waals surface area contributed by atoms with Crippen LogP contribution in [-0.2, 0) is 4.79 Å². The highest BCUT2D eigenvalue weighted by atomic mass is 79.9. The largest absolute Gasteiger partial charge is 0.484 e. The Morgan fingerprint density at radius 2 is 2.35 bits per heavy atom. The number of hydrogen-bond donors (Lipinski definition) is 1. The van der Waals surface area contributed by atoms with Crippen molar-refractivity contribution in [3.8, 4) is 5.75 Å². The Morgan fingerprint density at radius 1 is 1.53 bits per heavy atom. The molecule has 4 heteroatoms. The summed E-state index contributed by atoms with van der Waals surface area (Å²) in [5.41, 5.74) is 0. The lowest BCUT2D eigenvalue weighted by atomic mass is 10.3. The number of rotatable bonds is 6. The van der Waals surface area contributed by atoms with Gasteiger partial charge < -0.3 is 10.1 Å². The average Bonchev–Trinajstić information content (AvgIpc) is 2.32. The van der Waals surface area contributed by atoms with Crippen LogP contribution in [-0.4, -0.2) is 19.1 Å². The van der Waals surface area contributed by atoms with Crippen LogP contribution in [0.15, 0.2) is 40.9 Å². The molecule has 0 radical (unpaired) electrons. The van der Waals surface area contributed by atoms with E-state index in [-0.39, 0.29) is 12.5 Å². The maximum absolute atomic E-state index is 11.4. The highest BCUT2D eigenvalue weighted by Crippen LogP contribution is 2.17. The predicted molar refractivity (Wildman–Crippen MR) is 72.1 cm³/mol. The lowest BCUT2D eigenvalue weighted by molar-refractivity contribution is -0.123. The number of halogens is 1. The van der Waals surface area contributed by atoms with Crippen LogP contribution in [0.3, 0.4) is 0 Å². The van der Waals surface area contributed by atoms with Gasteiger partial charge in [0.25, 0.3) is 5.91 Å². The number of amides is 1. The molecule has 0 aliphatic rings. The van der Waals surface area contributed by atoms with Crippen molar-refractivity contribution in [3.05, 3.63) is 40.9 Å². The second-order valence-electron chi connectivity index (χ2n) is 3.45. The lowest BCUT2D eigenvalue weighted by Gasteiger charge is -2.06. The van der Waals surface area contributed by atoms with Gasteiger partial charge in [-0.1, -0.05) is 34.1 Å². The standard InChI is InChI=1S/C13H16BrNO2/c1-2-3-4-8-15-13(16)10-17-12-7-5-6-11(14)9-12/h2-3,5-7,9H,4,8,10H2,1H3,(H,15,16)/b3-2+. The van der Waals surface area contributed by atoms with Crippen molar-refractivity contribution in [2.24, 2.45) is 0 Å². The van der Waals surface area contributed by atoms with Gasteiger partial charge in [-0.25, -0.2) is 0 Å². The SMILES string of the molecule is C/C=C/CCNC(=O)COc1cccc(Br)c1. The first-order valence-electron chi connectivity index (χ1n) is 5.48. The van der Waals surface area contributed by atoms with E-state index < -0.39 is 0 Å². The summed E-state index contributed by atoms with van der Waals surface area (Å²) in [7, 11) is 0. The molecule has 0 bridgehead atoms. The molecule has 0 spiro atoms. The van der Waals surface area contributed by atoms with Gasteiger partial charge in [0.05, 0.1) is 0 Å². The molecular formula is C13H16BrNO2. The predicted octanol–water partition coefficient (Wildman–Crippen LogP) is 2.91. The van der Waals surface area contributed by atoms with Crippen molar-refractivity contribution < 1.29 is 9.53 Å². The molecule has 1 aromatic carbocycles. The van der Waals surface area contributed by atoms with Crippen LogP contribution in [0, 0.1) is 0 Å². The molecule has 0 heterocycles. The van der Waals surface area contributed by atoms with E-state index in [1.54, 1.807) is 0 Å². The van der Waals surface area contributed by atoms with Gasteiger partial charge in [0.15, 0.2) is 6.61 Å². The Balaban J connectivity index is 2.24. The zero-order valence-electron chi connectivity index (χ0n) is 9.78. The van der Waals surface area contributed by atoms with Crippen LogP contribution in [0.2, 0.25) is 0 Å². The minimum atomic E-state index is -0.102. The molecule has 1 aromatic rings. The third-order valence-corrected chi connectivity index (χ3v) is 2.53. The van der Waals surface area contributed by atoms with E-state index >= 15 is 0 Å². The van der Waals surface area contributed by atoms with Crippen LogP contribution in [0.4, 0.5) is 0 Å². The zero-order chi connectivity index (χ0) is 12.5. The summed E-state index contributed by atoms with van der Waals surface area (Å²) >= 11 is 3.34. The van der Waals surface area contributed by atoms with Gasteiger partial charge in [-0.2, -0.15) is 0 Å². The van der Waals surface area contributed by atoms with Crippen LogP contribution < -0.4 is 10.1 Å². The first-order valence-corrected chi connectivity index (χ1v) is 6.28. The normalized spacial score (nSPS) is 10.5. The molecule has 0 aromatic heterocycles. The smallest absolute Gasteiger partial charge is 0.257 e. The molecule has 17 heavy (non-hydrogen) atoms. The topological polar surface area (TPSA) is 38.3 Å². The van der Waals surface area contributed by atoms with Gasteiger partial charge in [-0.3, -0.25) is 4.79 Å². The van der Waals surface area contributed by atoms with Crippen molar-refractivity contribution in [3.63, 3.8) is 0 Å². The Labute approximate surface area is 110 Å². The summed E-state index contributed by atoms with van der Waals surface area (Å²) in [6.45, 7) is 2.65. The van der Waals surface area contributed by atoms with Crippen molar-refractivity contribution in [1.29, 1.82) is 0 Å². The van der Waals surface area contributed by atoms with Crippen LogP contribution >= 0.6 is 15.9 Å². The van der Waals surface area contributed by atoms with Crippen LogP contribution in [0.1, 0.15) is 13.3 Å². The van der Waals surface area contributed by atoms with Gasteiger partial charge in [0.2, 0.25) is 0 Å². The summed E-state index contributed by atoms with van der Waals surface area (Å²) in [5.74, 6) is 0.581. The van der Waals surface area contributed by atoms with Crippen LogP contribution in [0.5, 0.6) is 5.75 Å². The first kappa shape index (κ1) is 13.8. The van der Waals surface area contributed by atoms with Crippen molar-refractivity contribution in [2.75, 3.05) is 13.2 Å². The van der Waals surface area contributed by atoms with Gasteiger partial charge >= 0.3 is 0 Å². The van der Waals surface area contributed by atoms with Gasteiger partial charge in [0.1, 0.15) is 5.75 Å². The van der Waals surface area contributed by atoms with E-state index in [1.807, 2.05) is 43.3 Å². The molecule has 1 N–H and O–H groups in total. The summed E-state index contributed by atoms with van der Waals surface area (Å²) in [6.07, 6.45) is 4.82. The van der Waals surface area contributed by atoms with Crippen molar-refractivity contribution in [1.82, 2.24) is 5.32 Å². The van der Waals surface area contributed by atoms with Gasteiger partial charge in [-0.15, -0.1) is 0 Å². The molecule has 0 fully saturated rings. The number of carbonyl (C=O) groups excluding carboxylic acids is 1. The van der Waals surface area contributed by atoms with Gasteiger partial charge in [-0.05, 0) is 31.5 Å². The Kier molecular flexibility index (Phi) is 6.40. The Bertz CT molecular complexity index is 391. The molecular weight excluding hydrogens is 282 g/mol. The number of allylic oxidation sites excluding steroid dienone is 1. The quantitative estimate of drug-likeness (QED) is 0.648. The Hall–Kier alpha value is -1.29. The highest BCUT2D eigenvalue weighted by Gasteiger charge is 2.01. The van der Waals surface area contributed by atoms with E-state index in [4.69, 9.17) is 4.74 Å². The number of carbonyl (C=O) groups is 1. The summed E-state index contributed by atoms with van der Waals surface area (Å²) in [5, 5.41) is 2.78. The van der Waals surface area contributed by atoms with E-state index in [9.17, 15) is 4.79 Å². The summed E-state index contributed by atoms with van der Waals surface area (Å²) < 4.78 is 6.28. The molecule has 1 amide bonds. The monoisotopic (exact) mass is 297 g/mol. The molecule has 0 saturated heterocycles. The number of hydrogen-bond acceptors (Lipinski definition) is 2. The molecule has 0 atom stereocenters. The summed E-state index contributed by atoms with van der Waals surface area (Å²) in [4.78, 5) is 11.4. The Morgan fingerprint density at radius 3 is 3.06 bits per heavy atom. The van der Waals surface area contributed by atoms with Gasteiger partial charge in [0, 0.05) is 11.0 Å². The molecule has 1 rings (SSSR count). The van der Waals surface area contributed by atoms with E-state index in [0.717, 1.165) is 10.9 Å². The molecule has 0 unspecified atom stereocenters. The first-order chi connectivity index (χ1) is 8.22. The fraction of sp³-hybridized carbons (Fsp3) is 0.308. The second kappa shape index (κ2) is 7.90. The molecule has 3 nitrogen and oxygen atoms in total. The second-order valence-corrected chi connectivity index (χ2v) is 4.37. The third kappa shape index (κ3) is 6.12. The van der Waals surface area contributed by atoms with E-state index in [2.05, 4.69) is 21.2 Å². The summed E-state index contributed by atoms with van der Waals surface area (Å²) in [6, 6.07) is 7.42. The molecule has 0 aliphatic carbocycles. The number of benzene rings is 1. The number of nitrogens with one attached hydrogen (secondary N) is 1. The van der Waals surface area contributed by atoms with Crippen molar-refractivity contribution in [2.45, 2.75) is 13.3 Å². The minimum absolute atomic E-state index is 0.0479. The molecule has 0 saturated carbocycles. The molecule has 0 aliphatic heterocycles.